The third-order valence-electron chi connectivity index (χ3n) is 0.824. The predicted molar refractivity (Wildman–Crippen MR) is 54.8 cm³/mol. The molecular weight excluding hydrogens is 247 g/mol. The maximum absolute atomic E-state index is 5.58. The van der Waals surface area contributed by atoms with Crippen molar-refractivity contribution >= 4 is 63.2 Å². The van der Waals surface area contributed by atoms with Crippen molar-refractivity contribution in [2.75, 3.05) is 0 Å². The zero-order chi connectivity index (χ0) is 5.98. The Balaban J connectivity index is -0.0000000800. The van der Waals surface area contributed by atoms with Crippen molar-refractivity contribution in [3.8, 4) is 0 Å². The second-order valence-electron chi connectivity index (χ2n) is 1.41. The first-order valence-corrected chi connectivity index (χ1v) is 2.96. The van der Waals surface area contributed by atoms with Gasteiger partial charge in [0, 0.05) is 0 Å². The monoisotopic (exact) mass is 252 g/mol. The molecule has 0 amide bonds. The summed E-state index contributed by atoms with van der Waals surface area (Å²) in [7, 11) is 0. The second kappa shape index (κ2) is 6.74. The number of hydrogen-bond acceptors (Lipinski definition) is 0. The molecule has 0 nitrogen and oxygen atoms in total. The molecule has 0 aliphatic heterocycles. The molecule has 0 radical (unpaired) electrons. The van der Waals surface area contributed by atoms with E-state index < -0.39 is 0 Å². The molecule has 0 aliphatic carbocycles. The van der Waals surface area contributed by atoms with Crippen LogP contribution in [0.3, 0.4) is 0 Å². The SMILES string of the molecule is Br.Clc1ccccc1Cl.[H-].[H-].[Mg+2]. The maximum atomic E-state index is 5.58. The van der Waals surface area contributed by atoms with Gasteiger partial charge in [-0.3, -0.25) is 0 Å². The standard InChI is InChI=1S/C6H4Cl2.BrH.Mg.2H/c7-5-3-1-2-4-6(5)8;;;;/h1-4H;1H;;;/q;;+2;2*-1. The number of halogens is 3. The smallest absolute Gasteiger partial charge is 1.00 e. The number of benzene rings is 1. The van der Waals surface area contributed by atoms with Crippen LogP contribution in [0.4, 0.5) is 0 Å². The van der Waals surface area contributed by atoms with Gasteiger partial charge >= 0.3 is 23.1 Å². The van der Waals surface area contributed by atoms with Crippen LogP contribution in [0.1, 0.15) is 2.85 Å². The summed E-state index contributed by atoms with van der Waals surface area (Å²) in [5, 5.41) is 1.21. The quantitative estimate of drug-likeness (QED) is 0.622. The Morgan fingerprint density at radius 3 is 1.50 bits per heavy atom. The molecule has 0 unspecified atom stereocenters. The zero-order valence-corrected chi connectivity index (χ0v) is 9.82. The Morgan fingerprint density at radius 1 is 1.00 bits per heavy atom. The topological polar surface area (TPSA) is 0 Å². The Kier molecular flexibility index (Phi) is 9.18. The third-order valence-corrected chi connectivity index (χ3v) is 1.58. The molecule has 0 heterocycles. The Bertz CT molecular complexity index is 180. The van der Waals surface area contributed by atoms with E-state index in [1.54, 1.807) is 12.1 Å². The van der Waals surface area contributed by atoms with Gasteiger partial charge in [0.25, 0.3) is 0 Å². The average molecular weight is 254 g/mol. The van der Waals surface area contributed by atoms with Crippen LogP contribution in [0, 0.1) is 0 Å². The largest absolute Gasteiger partial charge is 2.00 e. The van der Waals surface area contributed by atoms with E-state index in [0.717, 1.165) is 0 Å². The van der Waals surface area contributed by atoms with Crippen LogP contribution in [0.5, 0.6) is 0 Å². The van der Waals surface area contributed by atoms with E-state index in [2.05, 4.69) is 0 Å². The molecule has 1 aromatic rings. The number of hydrogen-bond donors (Lipinski definition) is 0. The van der Waals surface area contributed by atoms with Gasteiger partial charge in [-0.05, 0) is 12.1 Å². The van der Waals surface area contributed by atoms with Crippen molar-refractivity contribution in [3.63, 3.8) is 0 Å². The molecule has 10 heavy (non-hydrogen) atoms. The molecular formula is C6H7BrCl2Mg. The van der Waals surface area contributed by atoms with E-state index in [1.165, 1.54) is 0 Å². The van der Waals surface area contributed by atoms with Gasteiger partial charge in [-0.2, -0.15) is 0 Å². The van der Waals surface area contributed by atoms with Gasteiger partial charge in [-0.15, -0.1) is 17.0 Å². The van der Waals surface area contributed by atoms with E-state index in [1.807, 2.05) is 12.1 Å². The molecule has 1 aromatic carbocycles. The van der Waals surface area contributed by atoms with Crippen molar-refractivity contribution in [2.24, 2.45) is 0 Å². The molecule has 0 atom stereocenters. The molecule has 0 saturated carbocycles. The molecule has 0 N–H and O–H groups in total. The van der Waals surface area contributed by atoms with Crippen LogP contribution in [-0.2, 0) is 0 Å². The Morgan fingerprint density at radius 2 is 1.30 bits per heavy atom. The van der Waals surface area contributed by atoms with Gasteiger partial charge in [0.1, 0.15) is 0 Å². The molecule has 4 heteroatoms. The molecule has 0 aromatic heterocycles. The fourth-order valence-corrected chi connectivity index (χ4v) is 0.711. The summed E-state index contributed by atoms with van der Waals surface area (Å²) in [6.07, 6.45) is 0. The summed E-state index contributed by atoms with van der Waals surface area (Å²) in [5.41, 5.74) is 0. The van der Waals surface area contributed by atoms with E-state index in [0.29, 0.717) is 10.0 Å². The first-order chi connectivity index (χ1) is 3.80. The van der Waals surface area contributed by atoms with Gasteiger partial charge in [0.2, 0.25) is 0 Å². The van der Waals surface area contributed by atoms with Crippen LogP contribution in [0.25, 0.3) is 0 Å². The van der Waals surface area contributed by atoms with Gasteiger partial charge < -0.3 is 2.85 Å². The van der Waals surface area contributed by atoms with Crippen LogP contribution in [-0.4, -0.2) is 23.1 Å². The first kappa shape index (κ1) is 13.6. The molecule has 0 aliphatic rings. The van der Waals surface area contributed by atoms with Crippen molar-refractivity contribution in [1.82, 2.24) is 0 Å². The maximum Gasteiger partial charge on any atom is 2.00 e. The van der Waals surface area contributed by atoms with Gasteiger partial charge in [0.05, 0.1) is 10.0 Å². The van der Waals surface area contributed by atoms with E-state index in [4.69, 9.17) is 23.2 Å². The minimum atomic E-state index is 0. The molecule has 0 bridgehead atoms. The minimum absolute atomic E-state index is 0. The second-order valence-corrected chi connectivity index (χ2v) is 2.23. The van der Waals surface area contributed by atoms with E-state index >= 15 is 0 Å². The fraction of sp³-hybridized carbons (Fsp3) is 0. The van der Waals surface area contributed by atoms with Crippen LogP contribution in [0.15, 0.2) is 24.3 Å². The summed E-state index contributed by atoms with van der Waals surface area (Å²) in [5.74, 6) is 0. The first-order valence-electron chi connectivity index (χ1n) is 2.21. The van der Waals surface area contributed by atoms with Crippen molar-refractivity contribution in [2.45, 2.75) is 0 Å². The summed E-state index contributed by atoms with van der Waals surface area (Å²) >= 11 is 11.2. The van der Waals surface area contributed by atoms with Crippen LogP contribution >= 0.6 is 40.2 Å². The summed E-state index contributed by atoms with van der Waals surface area (Å²) < 4.78 is 0. The molecule has 0 saturated heterocycles. The van der Waals surface area contributed by atoms with E-state index in [-0.39, 0.29) is 42.9 Å². The molecule has 54 valence electrons. The Labute approximate surface area is 99.8 Å². The molecule has 1 rings (SSSR count). The summed E-state index contributed by atoms with van der Waals surface area (Å²) in [4.78, 5) is 0. The summed E-state index contributed by atoms with van der Waals surface area (Å²) in [6.45, 7) is 0. The fourth-order valence-electron chi connectivity index (χ4n) is 0.439. The predicted octanol–water partition coefficient (Wildman–Crippen LogP) is 3.42. The van der Waals surface area contributed by atoms with Gasteiger partial charge in [-0.1, -0.05) is 35.3 Å². The van der Waals surface area contributed by atoms with E-state index in [9.17, 15) is 0 Å². The Hall–Kier alpha value is 1.05. The normalized spacial score (nSPS) is 7.40. The minimum Gasteiger partial charge on any atom is -1.00 e. The van der Waals surface area contributed by atoms with Gasteiger partial charge in [0.15, 0.2) is 0 Å². The average Bonchev–Trinajstić information content (AvgIpc) is 1.77. The number of rotatable bonds is 0. The van der Waals surface area contributed by atoms with Crippen LogP contribution in [0.2, 0.25) is 10.0 Å². The van der Waals surface area contributed by atoms with Gasteiger partial charge in [-0.25, -0.2) is 0 Å². The summed E-state index contributed by atoms with van der Waals surface area (Å²) in [6, 6.07) is 7.19. The molecule has 0 spiro atoms. The third kappa shape index (κ3) is 4.04. The molecule has 0 fully saturated rings. The van der Waals surface area contributed by atoms with Crippen molar-refractivity contribution < 1.29 is 2.85 Å². The van der Waals surface area contributed by atoms with Crippen LogP contribution < -0.4 is 0 Å². The van der Waals surface area contributed by atoms with Crippen molar-refractivity contribution in [1.29, 1.82) is 0 Å². The van der Waals surface area contributed by atoms with Crippen molar-refractivity contribution in [3.05, 3.63) is 34.3 Å². The zero-order valence-electron chi connectivity index (χ0n) is 7.18.